The highest BCUT2D eigenvalue weighted by Crippen LogP contribution is 2.13. The van der Waals surface area contributed by atoms with Crippen LogP contribution in [0, 0.1) is 0 Å². The number of nitrogens with one attached hydrogen (secondary N) is 3. The molecule has 0 saturated carbocycles. The van der Waals surface area contributed by atoms with E-state index in [0.29, 0.717) is 19.0 Å². The number of benzene rings is 2. The van der Waals surface area contributed by atoms with Gasteiger partial charge >= 0.3 is 6.03 Å². The first kappa shape index (κ1) is 18.9. The molecule has 4 rings (SSSR count). The molecule has 150 valence electrons. The molecule has 0 atom stereocenters. The number of para-hydroxylation sites is 2. The van der Waals surface area contributed by atoms with E-state index in [1.165, 1.54) is 5.56 Å². The number of hydrogen-bond donors (Lipinski definition) is 3. The fourth-order valence-electron chi connectivity index (χ4n) is 3.41. The third-order valence-electron chi connectivity index (χ3n) is 4.96. The Morgan fingerprint density at radius 2 is 1.69 bits per heavy atom. The molecule has 2 aromatic carbocycles. The Morgan fingerprint density at radius 3 is 2.45 bits per heavy atom. The second-order valence-electron chi connectivity index (χ2n) is 7.06. The lowest BCUT2D eigenvalue weighted by atomic mass is 10.2. The average molecular weight is 392 g/mol. The van der Waals surface area contributed by atoms with Gasteiger partial charge in [-0.25, -0.2) is 9.78 Å². The zero-order valence-corrected chi connectivity index (χ0v) is 16.1. The highest BCUT2D eigenvalue weighted by atomic mass is 16.2. The number of rotatable bonds is 5. The highest BCUT2D eigenvalue weighted by molar-refractivity contribution is 5.94. The smallest absolute Gasteiger partial charge is 0.317 e. The van der Waals surface area contributed by atoms with Crippen LogP contribution in [0.2, 0.25) is 0 Å². The van der Waals surface area contributed by atoms with Crippen molar-refractivity contribution in [3.8, 4) is 0 Å². The second kappa shape index (κ2) is 8.74. The topological polar surface area (TPSA) is 93.4 Å². The van der Waals surface area contributed by atoms with Gasteiger partial charge in [0.15, 0.2) is 0 Å². The first-order valence-corrected chi connectivity index (χ1v) is 9.71. The van der Waals surface area contributed by atoms with Gasteiger partial charge in [-0.2, -0.15) is 0 Å². The minimum atomic E-state index is -0.319. The van der Waals surface area contributed by atoms with Crippen molar-refractivity contribution in [3.05, 3.63) is 60.2 Å². The minimum Gasteiger partial charge on any atom is -0.329 e. The Bertz CT molecular complexity index is 946. The number of fused-ring (bicyclic) bond motifs is 1. The minimum absolute atomic E-state index is 0.0971. The van der Waals surface area contributed by atoms with Gasteiger partial charge in [-0.3, -0.25) is 15.0 Å². The van der Waals surface area contributed by atoms with E-state index in [9.17, 15) is 9.59 Å². The maximum Gasteiger partial charge on any atom is 0.317 e. The number of piperazine rings is 1. The molecule has 1 saturated heterocycles. The molecular weight excluding hydrogens is 368 g/mol. The van der Waals surface area contributed by atoms with Crippen LogP contribution in [0.25, 0.3) is 11.0 Å². The number of amides is 3. The number of urea groups is 1. The van der Waals surface area contributed by atoms with Gasteiger partial charge in [-0.05, 0) is 17.7 Å². The lowest BCUT2D eigenvalue weighted by Gasteiger charge is -2.34. The van der Waals surface area contributed by atoms with Crippen LogP contribution in [0.3, 0.4) is 0 Å². The first-order valence-electron chi connectivity index (χ1n) is 9.71. The molecule has 0 spiro atoms. The van der Waals surface area contributed by atoms with Crippen LogP contribution in [0.15, 0.2) is 54.6 Å². The second-order valence-corrected chi connectivity index (χ2v) is 7.06. The van der Waals surface area contributed by atoms with E-state index in [4.69, 9.17) is 0 Å². The van der Waals surface area contributed by atoms with E-state index < -0.39 is 0 Å². The standard InChI is InChI=1S/C21H24N6O2/c28-19(25-20-23-17-8-4-5-9-18(17)24-20)14-22-21(29)27-12-10-26(11-13-27)15-16-6-2-1-3-7-16/h1-9H,10-15H2,(H,22,29)(H2,23,24,25,28). The number of aromatic amines is 1. The number of hydrogen-bond acceptors (Lipinski definition) is 4. The molecule has 3 aromatic rings. The van der Waals surface area contributed by atoms with Gasteiger partial charge in [-0.1, -0.05) is 42.5 Å². The van der Waals surface area contributed by atoms with Crippen LogP contribution < -0.4 is 10.6 Å². The summed E-state index contributed by atoms with van der Waals surface area (Å²) in [5, 5.41) is 5.36. The Balaban J connectivity index is 1.20. The average Bonchev–Trinajstić information content (AvgIpc) is 3.15. The van der Waals surface area contributed by atoms with Crippen molar-refractivity contribution in [3.63, 3.8) is 0 Å². The van der Waals surface area contributed by atoms with Crippen molar-refractivity contribution in [2.45, 2.75) is 6.54 Å². The molecule has 0 aliphatic carbocycles. The number of carbonyl (C=O) groups is 2. The molecule has 3 N–H and O–H groups in total. The molecule has 29 heavy (non-hydrogen) atoms. The van der Waals surface area contributed by atoms with Gasteiger partial charge in [0.2, 0.25) is 11.9 Å². The predicted octanol–water partition coefficient (Wildman–Crippen LogP) is 2.03. The molecule has 2 heterocycles. The summed E-state index contributed by atoms with van der Waals surface area (Å²) in [4.78, 5) is 35.9. The normalized spacial score (nSPS) is 14.7. The van der Waals surface area contributed by atoms with Crippen molar-refractivity contribution in [1.29, 1.82) is 0 Å². The van der Waals surface area contributed by atoms with Gasteiger partial charge in [0.1, 0.15) is 0 Å². The molecule has 8 heteroatoms. The van der Waals surface area contributed by atoms with Crippen LogP contribution in [0.4, 0.5) is 10.7 Å². The molecule has 8 nitrogen and oxygen atoms in total. The fraction of sp³-hybridized carbons (Fsp3) is 0.286. The van der Waals surface area contributed by atoms with Crippen LogP contribution in [0.1, 0.15) is 5.56 Å². The SMILES string of the molecule is O=C(CNC(=O)N1CCN(Cc2ccccc2)CC1)Nc1nc2ccccc2[nH]1. The third-order valence-corrected chi connectivity index (χ3v) is 4.96. The predicted molar refractivity (Wildman–Crippen MR) is 111 cm³/mol. The largest absolute Gasteiger partial charge is 0.329 e. The molecule has 1 fully saturated rings. The summed E-state index contributed by atoms with van der Waals surface area (Å²) in [5.41, 5.74) is 2.90. The Kier molecular flexibility index (Phi) is 5.71. The Labute approximate surface area is 168 Å². The van der Waals surface area contributed by atoms with Crippen molar-refractivity contribution in [2.24, 2.45) is 0 Å². The zero-order valence-electron chi connectivity index (χ0n) is 16.1. The van der Waals surface area contributed by atoms with E-state index in [0.717, 1.165) is 30.7 Å². The number of carbonyl (C=O) groups excluding carboxylic acids is 2. The molecular formula is C21H24N6O2. The summed E-state index contributed by atoms with van der Waals surface area (Å²) < 4.78 is 0. The number of imidazole rings is 1. The summed E-state index contributed by atoms with van der Waals surface area (Å²) in [6.07, 6.45) is 0. The van der Waals surface area contributed by atoms with E-state index in [1.54, 1.807) is 4.90 Å². The number of aromatic nitrogens is 2. The quantitative estimate of drug-likeness (QED) is 0.619. The summed E-state index contributed by atoms with van der Waals surface area (Å²) in [6, 6.07) is 17.6. The van der Waals surface area contributed by atoms with E-state index in [1.807, 2.05) is 42.5 Å². The molecule has 0 unspecified atom stereocenters. The van der Waals surface area contributed by atoms with Gasteiger partial charge in [-0.15, -0.1) is 0 Å². The van der Waals surface area contributed by atoms with Gasteiger partial charge < -0.3 is 15.2 Å². The highest BCUT2D eigenvalue weighted by Gasteiger charge is 2.21. The fourth-order valence-corrected chi connectivity index (χ4v) is 3.41. The number of nitrogens with zero attached hydrogens (tertiary/aromatic N) is 3. The number of H-pyrrole nitrogens is 1. The number of anilines is 1. The van der Waals surface area contributed by atoms with Crippen molar-refractivity contribution < 1.29 is 9.59 Å². The van der Waals surface area contributed by atoms with Crippen molar-refractivity contribution in [2.75, 3.05) is 38.0 Å². The monoisotopic (exact) mass is 392 g/mol. The van der Waals surface area contributed by atoms with Crippen LogP contribution >= 0.6 is 0 Å². The van der Waals surface area contributed by atoms with Gasteiger partial charge in [0.05, 0.1) is 17.6 Å². The summed E-state index contributed by atoms with van der Waals surface area (Å²) >= 11 is 0. The van der Waals surface area contributed by atoms with Crippen molar-refractivity contribution in [1.82, 2.24) is 25.1 Å². The summed E-state index contributed by atoms with van der Waals surface area (Å²) in [6.45, 7) is 3.70. The van der Waals surface area contributed by atoms with Crippen LogP contribution in [0.5, 0.6) is 0 Å². The van der Waals surface area contributed by atoms with Gasteiger partial charge in [0, 0.05) is 32.7 Å². The Hall–Kier alpha value is -3.39. The van der Waals surface area contributed by atoms with E-state index in [-0.39, 0.29) is 18.5 Å². The molecule has 3 amide bonds. The lowest BCUT2D eigenvalue weighted by Crippen LogP contribution is -2.52. The van der Waals surface area contributed by atoms with E-state index in [2.05, 4.69) is 37.6 Å². The summed E-state index contributed by atoms with van der Waals surface area (Å²) in [5.74, 6) is 0.0556. The third kappa shape index (κ3) is 4.91. The van der Waals surface area contributed by atoms with Crippen LogP contribution in [-0.4, -0.2) is 64.4 Å². The zero-order chi connectivity index (χ0) is 20.1. The van der Waals surface area contributed by atoms with Crippen LogP contribution in [-0.2, 0) is 11.3 Å². The molecule has 0 bridgehead atoms. The lowest BCUT2D eigenvalue weighted by molar-refractivity contribution is -0.115. The van der Waals surface area contributed by atoms with E-state index >= 15 is 0 Å². The molecule has 1 aliphatic heterocycles. The molecule has 1 aliphatic rings. The maximum absolute atomic E-state index is 12.4. The first-order chi connectivity index (χ1) is 14.2. The van der Waals surface area contributed by atoms with Gasteiger partial charge in [0.25, 0.3) is 0 Å². The maximum atomic E-state index is 12.4. The molecule has 0 radical (unpaired) electrons. The summed E-state index contributed by atoms with van der Waals surface area (Å²) in [7, 11) is 0. The Morgan fingerprint density at radius 1 is 0.966 bits per heavy atom. The van der Waals surface area contributed by atoms with Crippen molar-refractivity contribution >= 4 is 28.9 Å². The molecule has 1 aromatic heterocycles.